The Hall–Kier alpha value is -2.61. The molecule has 1 saturated heterocycles. The van der Waals surface area contributed by atoms with Gasteiger partial charge in [-0.05, 0) is 45.1 Å². The minimum atomic E-state index is -0.714. The molecule has 2 rings (SSSR count). The molecule has 2 amide bonds. The number of nitrogens with one attached hydrogen (secondary N) is 2. The van der Waals surface area contributed by atoms with Gasteiger partial charge in [-0.15, -0.1) is 0 Å². The lowest BCUT2D eigenvalue weighted by Crippen LogP contribution is -2.54. The van der Waals surface area contributed by atoms with E-state index >= 15 is 0 Å². The minimum absolute atomic E-state index is 0.102. The number of piperidine rings is 1. The number of esters is 2. The van der Waals surface area contributed by atoms with Gasteiger partial charge in [0.05, 0.1) is 6.54 Å². The normalized spacial score (nSPS) is 15.9. The van der Waals surface area contributed by atoms with E-state index in [1.165, 1.54) is 0 Å². The van der Waals surface area contributed by atoms with E-state index in [-0.39, 0.29) is 37.1 Å². The molecule has 8 heteroatoms. The number of rotatable bonds is 8. The molecule has 1 heterocycles. The number of benzene rings is 1. The number of amides is 2. The highest BCUT2D eigenvalue weighted by Crippen LogP contribution is 2.13. The molecule has 178 valence electrons. The molecule has 0 aliphatic carbocycles. The Morgan fingerprint density at radius 2 is 1.72 bits per heavy atom. The van der Waals surface area contributed by atoms with Crippen molar-refractivity contribution in [1.82, 2.24) is 15.5 Å². The number of carbonyl (C=O) groups excluding carboxylic acids is 3. The molecule has 0 saturated carbocycles. The van der Waals surface area contributed by atoms with E-state index in [9.17, 15) is 14.4 Å². The fourth-order valence-electron chi connectivity index (χ4n) is 3.43. The Labute approximate surface area is 191 Å². The third-order valence-electron chi connectivity index (χ3n) is 5.16. The number of hydrogen-bond donors (Lipinski definition) is 2. The first-order valence-electron chi connectivity index (χ1n) is 11.3. The molecule has 1 atom stereocenters. The second-order valence-corrected chi connectivity index (χ2v) is 9.49. The summed E-state index contributed by atoms with van der Waals surface area (Å²) in [7, 11) is 0. The predicted octanol–water partition coefficient (Wildman–Crippen LogP) is 2.86. The van der Waals surface area contributed by atoms with Crippen molar-refractivity contribution in [3.63, 3.8) is 0 Å². The van der Waals surface area contributed by atoms with E-state index < -0.39 is 17.6 Å². The number of hydrogen-bond acceptors (Lipinski definition) is 6. The number of ether oxygens (including phenoxy) is 2. The molecule has 0 radical (unpaired) electrons. The van der Waals surface area contributed by atoms with Crippen molar-refractivity contribution >= 4 is 18.0 Å². The van der Waals surface area contributed by atoms with Crippen molar-refractivity contribution in [2.24, 2.45) is 5.92 Å². The molecule has 0 unspecified atom stereocenters. The smallest absolute Gasteiger partial charge is 0.329 e. The lowest BCUT2D eigenvalue weighted by Gasteiger charge is -2.34. The summed E-state index contributed by atoms with van der Waals surface area (Å²) in [6, 6.07) is 8.60. The van der Waals surface area contributed by atoms with Crippen LogP contribution < -0.4 is 10.6 Å². The Balaban J connectivity index is 1.77. The maximum Gasteiger partial charge on any atom is 0.329 e. The summed E-state index contributed by atoms with van der Waals surface area (Å²) in [4.78, 5) is 38.9. The summed E-state index contributed by atoms with van der Waals surface area (Å²) < 4.78 is 10.7. The van der Waals surface area contributed by atoms with E-state index in [4.69, 9.17) is 9.47 Å². The van der Waals surface area contributed by atoms with Gasteiger partial charge in [-0.25, -0.2) is 9.59 Å². The second-order valence-electron chi connectivity index (χ2n) is 9.49. The van der Waals surface area contributed by atoms with Crippen LogP contribution >= 0.6 is 0 Å². The Morgan fingerprint density at radius 1 is 1.09 bits per heavy atom. The van der Waals surface area contributed by atoms with Gasteiger partial charge in [-0.3, -0.25) is 4.79 Å². The first-order chi connectivity index (χ1) is 15.0. The molecule has 32 heavy (non-hydrogen) atoms. The average Bonchev–Trinajstić information content (AvgIpc) is 2.74. The lowest BCUT2D eigenvalue weighted by molar-refractivity contribution is -0.153. The summed E-state index contributed by atoms with van der Waals surface area (Å²) in [5.74, 6) is -0.826. The van der Waals surface area contributed by atoms with E-state index in [1.54, 1.807) is 4.90 Å². The number of urea groups is 1. The van der Waals surface area contributed by atoms with Crippen LogP contribution in [0.25, 0.3) is 0 Å². The van der Waals surface area contributed by atoms with E-state index in [2.05, 4.69) is 10.6 Å². The van der Waals surface area contributed by atoms with Gasteiger partial charge in [0.15, 0.2) is 0 Å². The van der Waals surface area contributed by atoms with Crippen LogP contribution in [0.2, 0.25) is 0 Å². The molecule has 8 nitrogen and oxygen atoms in total. The molecule has 1 aromatic rings. The average molecular weight is 448 g/mol. The van der Waals surface area contributed by atoms with Crippen LogP contribution in [0.4, 0.5) is 4.79 Å². The van der Waals surface area contributed by atoms with Crippen LogP contribution in [0.15, 0.2) is 30.3 Å². The van der Waals surface area contributed by atoms with Gasteiger partial charge in [0, 0.05) is 19.1 Å². The van der Waals surface area contributed by atoms with Gasteiger partial charge < -0.3 is 25.0 Å². The topological polar surface area (TPSA) is 97.0 Å². The van der Waals surface area contributed by atoms with Crippen molar-refractivity contribution in [2.45, 2.75) is 71.8 Å². The summed E-state index contributed by atoms with van der Waals surface area (Å²) in [5.41, 5.74) is 0.394. The fraction of sp³-hybridized carbons (Fsp3) is 0.625. The predicted molar refractivity (Wildman–Crippen MR) is 122 cm³/mol. The SMILES string of the molecule is CC(C)[C@H](NC(=O)N1CCC(NCC(=O)OC(C)(C)C)CC1)C(=O)OCc1ccccc1. The highest BCUT2D eigenvalue weighted by molar-refractivity contribution is 5.84. The van der Waals surface area contributed by atoms with Gasteiger partial charge in [-0.1, -0.05) is 44.2 Å². The standard InChI is InChI=1S/C24H37N3O5/c1-17(2)21(22(29)31-16-18-9-7-6-8-10-18)26-23(30)27-13-11-19(12-14-27)25-15-20(28)32-24(3,4)5/h6-10,17,19,21,25H,11-16H2,1-5H3,(H,26,30)/t21-/m0/s1. The molecule has 1 fully saturated rings. The summed E-state index contributed by atoms with van der Waals surface area (Å²) in [6.07, 6.45) is 1.45. The summed E-state index contributed by atoms with van der Waals surface area (Å²) in [5, 5.41) is 6.04. The third kappa shape index (κ3) is 8.86. The minimum Gasteiger partial charge on any atom is -0.459 e. The maximum absolute atomic E-state index is 12.7. The van der Waals surface area contributed by atoms with Gasteiger partial charge in [0.2, 0.25) is 0 Å². The zero-order valence-corrected chi connectivity index (χ0v) is 19.8. The highest BCUT2D eigenvalue weighted by atomic mass is 16.6. The van der Waals surface area contributed by atoms with E-state index in [0.29, 0.717) is 13.1 Å². The first kappa shape index (κ1) is 25.6. The lowest BCUT2D eigenvalue weighted by atomic mass is 10.0. The third-order valence-corrected chi connectivity index (χ3v) is 5.16. The van der Waals surface area contributed by atoms with Crippen molar-refractivity contribution in [3.05, 3.63) is 35.9 Å². The summed E-state index contributed by atoms with van der Waals surface area (Å²) >= 11 is 0. The molecule has 0 bridgehead atoms. The number of likely N-dealkylation sites (tertiary alicyclic amines) is 1. The van der Waals surface area contributed by atoms with Crippen LogP contribution in [-0.4, -0.2) is 60.2 Å². The highest BCUT2D eigenvalue weighted by Gasteiger charge is 2.30. The monoisotopic (exact) mass is 447 g/mol. The van der Waals surface area contributed by atoms with Crippen molar-refractivity contribution in [3.8, 4) is 0 Å². The van der Waals surface area contributed by atoms with Gasteiger partial charge in [-0.2, -0.15) is 0 Å². The van der Waals surface area contributed by atoms with E-state index in [1.807, 2.05) is 65.0 Å². The van der Waals surface area contributed by atoms with Crippen LogP contribution in [0.5, 0.6) is 0 Å². The molecule has 0 aromatic heterocycles. The molecule has 1 aliphatic heterocycles. The van der Waals surface area contributed by atoms with Crippen LogP contribution in [-0.2, 0) is 25.7 Å². The van der Waals surface area contributed by atoms with Crippen LogP contribution in [0.1, 0.15) is 53.0 Å². The second kappa shape index (κ2) is 11.9. The fourth-order valence-corrected chi connectivity index (χ4v) is 3.43. The first-order valence-corrected chi connectivity index (χ1v) is 11.3. The molecule has 1 aromatic carbocycles. The zero-order chi connectivity index (χ0) is 23.7. The van der Waals surface area contributed by atoms with E-state index in [0.717, 1.165) is 18.4 Å². The van der Waals surface area contributed by atoms with Gasteiger partial charge in [0.1, 0.15) is 18.2 Å². The Bertz CT molecular complexity index is 753. The van der Waals surface area contributed by atoms with Crippen LogP contribution in [0.3, 0.4) is 0 Å². The summed E-state index contributed by atoms with van der Waals surface area (Å²) in [6.45, 7) is 10.7. The maximum atomic E-state index is 12.7. The Morgan fingerprint density at radius 3 is 2.28 bits per heavy atom. The van der Waals surface area contributed by atoms with Crippen LogP contribution in [0, 0.1) is 5.92 Å². The number of nitrogens with zero attached hydrogens (tertiary/aromatic N) is 1. The number of carbonyl (C=O) groups is 3. The van der Waals surface area contributed by atoms with Crippen molar-refractivity contribution < 1.29 is 23.9 Å². The Kier molecular flexibility index (Phi) is 9.50. The molecular formula is C24H37N3O5. The molecular weight excluding hydrogens is 410 g/mol. The van der Waals surface area contributed by atoms with Crippen molar-refractivity contribution in [2.75, 3.05) is 19.6 Å². The van der Waals surface area contributed by atoms with Gasteiger partial charge in [0.25, 0.3) is 0 Å². The molecule has 2 N–H and O–H groups in total. The quantitative estimate of drug-likeness (QED) is 0.595. The van der Waals surface area contributed by atoms with Gasteiger partial charge >= 0.3 is 18.0 Å². The van der Waals surface area contributed by atoms with Crippen molar-refractivity contribution in [1.29, 1.82) is 0 Å². The molecule has 1 aliphatic rings. The zero-order valence-electron chi connectivity index (χ0n) is 19.8. The molecule has 0 spiro atoms. The largest absolute Gasteiger partial charge is 0.459 e.